The van der Waals surface area contributed by atoms with Crippen molar-refractivity contribution in [3.8, 4) is 0 Å². The zero-order valence-electron chi connectivity index (χ0n) is 9.46. The van der Waals surface area contributed by atoms with Gasteiger partial charge in [-0.1, -0.05) is 0 Å². The first kappa shape index (κ1) is 11.5. The fourth-order valence-electron chi connectivity index (χ4n) is 2.21. The minimum atomic E-state index is -0.707. The van der Waals surface area contributed by atoms with Crippen LogP contribution in [-0.4, -0.2) is 40.1 Å². The summed E-state index contributed by atoms with van der Waals surface area (Å²) < 4.78 is 0. The summed E-state index contributed by atoms with van der Waals surface area (Å²) >= 11 is 1.53. The molecule has 0 spiro atoms. The zero-order chi connectivity index (χ0) is 11.7. The number of hydrogen-bond acceptors (Lipinski definition) is 4. The van der Waals surface area contributed by atoms with Crippen molar-refractivity contribution in [3.63, 3.8) is 0 Å². The highest BCUT2D eigenvalue weighted by Gasteiger charge is 2.40. The Kier molecular flexibility index (Phi) is 3.25. The summed E-state index contributed by atoms with van der Waals surface area (Å²) in [6.45, 7) is 5.64. The molecule has 0 aromatic carbocycles. The van der Waals surface area contributed by atoms with Crippen LogP contribution in [0.1, 0.15) is 25.5 Å². The average Bonchev–Trinajstić information content (AvgIpc) is 2.86. The van der Waals surface area contributed by atoms with Gasteiger partial charge in [-0.2, -0.15) is 0 Å². The molecule has 2 atom stereocenters. The Balaban J connectivity index is 2.19. The summed E-state index contributed by atoms with van der Waals surface area (Å²) in [7, 11) is 0. The van der Waals surface area contributed by atoms with Gasteiger partial charge in [0.25, 0.3) is 0 Å². The van der Waals surface area contributed by atoms with Crippen molar-refractivity contribution in [1.82, 2.24) is 9.88 Å². The third kappa shape index (κ3) is 2.10. The molecule has 0 radical (unpaired) electrons. The number of carbonyl (C=O) groups is 1. The highest BCUT2D eigenvalue weighted by Crippen LogP contribution is 2.33. The molecule has 1 fully saturated rings. The van der Waals surface area contributed by atoms with Gasteiger partial charge < -0.3 is 5.11 Å². The second-order valence-corrected chi connectivity index (χ2v) is 5.23. The predicted molar refractivity (Wildman–Crippen MR) is 62.7 cm³/mol. The SMILES string of the molecule is CC(C)N1C[C@H](C(=O)O)[C@@H](c2cscn2)C1. The van der Waals surface area contributed by atoms with Crippen molar-refractivity contribution in [2.75, 3.05) is 13.1 Å². The first-order valence-electron chi connectivity index (χ1n) is 5.44. The Morgan fingerprint density at radius 3 is 2.88 bits per heavy atom. The number of hydrogen-bond donors (Lipinski definition) is 1. The van der Waals surface area contributed by atoms with E-state index in [1.807, 2.05) is 5.38 Å². The smallest absolute Gasteiger partial charge is 0.308 e. The molecule has 0 bridgehead atoms. The Hall–Kier alpha value is -0.940. The fourth-order valence-corrected chi connectivity index (χ4v) is 2.83. The van der Waals surface area contributed by atoms with Gasteiger partial charge in [0.05, 0.1) is 17.1 Å². The van der Waals surface area contributed by atoms with Crippen LogP contribution in [0.3, 0.4) is 0 Å². The Morgan fingerprint density at radius 1 is 1.62 bits per heavy atom. The molecule has 1 aliphatic heterocycles. The molecule has 4 nitrogen and oxygen atoms in total. The van der Waals surface area contributed by atoms with Crippen molar-refractivity contribution < 1.29 is 9.90 Å². The van der Waals surface area contributed by atoms with E-state index in [-0.39, 0.29) is 11.8 Å². The molecule has 2 heterocycles. The molecule has 1 aliphatic rings. The lowest BCUT2D eigenvalue weighted by atomic mass is 9.94. The summed E-state index contributed by atoms with van der Waals surface area (Å²) in [5.74, 6) is -0.975. The third-order valence-electron chi connectivity index (χ3n) is 3.23. The molecule has 1 aromatic rings. The van der Waals surface area contributed by atoms with E-state index < -0.39 is 5.97 Å². The van der Waals surface area contributed by atoms with E-state index in [0.29, 0.717) is 12.6 Å². The van der Waals surface area contributed by atoms with Gasteiger partial charge in [0.1, 0.15) is 0 Å². The van der Waals surface area contributed by atoms with Crippen LogP contribution in [0.25, 0.3) is 0 Å². The molecule has 5 heteroatoms. The van der Waals surface area contributed by atoms with Gasteiger partial charge >= 0.3 is 5.97 Å². The second kappa shape index (κ2) is 4.51. The average molecular weight is 240 g/mol. The van der Waals surface area contributed by atoms with Gasteiger partial charge in [-0.3, -0.25) is 9.69 Å². The molecule has 0 unspecified atom stereocenters. The molecule has 0 amide bonds. The molecule has 1 N–H and O–H groups in total. The highest BCUT2D eigenvalue weighted by molar-refractivity contribution is 7.07. The lowest BCUT2D eigenvalue weighted by Crippen LogP contribution is -2.29. The standard InChI is InChI=1S/C11H16N2O2S/c1-7(2)13-3-8(9(4-13)11(14)15)10-5-16-6-12-10/h5-9H,3-4H2,1-2H3,(H,14,15)/t8-,9-/m0/s1. The minimum Gasteiger partial charge on any atom is -0.481 e. The molecule has 88 valence electrons. The van der Waals surface area contributed by atoms with Crippen LogP contribution in [0, 0.1) is 5.92 Å². The van der Waals surface area contributed by atoms with Gasteiger partial charge in [0, 0.05) is 30.4 Å². The van der Waals surface area contributed by atoms with E-state index >= 15 is 0 Å². The molecule has 1 aromatic heterocycles. The van der Waals surface area contributed by atoms with Crippen LogP contribution >= 0.6 is 11.3 Å². The monoisotopic (exact) mass is 240 g/mol. The summed E-state index contributed by atoms with van der Waals surface area (Å²) in [6.07, 6.45) is 0. The van der Waals surface area contributed by atoms with Crippen molar-refractivity contribution >= 4 is 17.3 Å². The van der Waals surface area contributed by atoms with Crippen LogP contribution in [0.2, 0.25) is 0 Å². The highest BCUT2D eigenvalue weighted by atomic mass is 32.1. The number of carboxylic acids is 1. The van der Waals surface area contributed by atoms with E-state index in [2.05, 4.69) is 23.7 Å². The van der Waals surface area contributed by atoms with E-state index in [4.69, 9.17) is 0 Å². The number of thiazole rings is 1. The first-order valence-corrected chi connectivity index (χ1v) is 6.38. The second-order valence-electron chi connectivity index (χ2n) is 4.51. The minimum absolute atomic E-state index is 0.0474. The van der Waals surface area contributed by atoms with Crippen LogP contribution in [0.4, 0.5) is 0 Å². The maximum Gasteiger partial charge on any atom is 0.308 e. The number of likely N-dealkylation sites (tertiary alicyclic amines) is 1. The molecule has 2 rings (SSSR count). The summed E-state index contributed by atoms with van der Waals surface area (Å²) in [6, 6.07) is 0.394. The Labute approximate surface area is 98.9 Å². The van der Waals surface area contributed by atoms with Gasteiger partial charge in [0.15, 0.2) is 0 Å². The Bertz CT molecular complexity index is 364. The van der Waals surface area contributed by atoms with Crippen LogP contribution in [0.15, 0.2) is 10.9 Å². The lowest BCUT2D eigenvalue weighted by Gasteiger charge is -2.19. The van der Waals surface area contributed by atoms with Gasteiger partial charge in [-0.25, -0.2) is 4.98 Å². The summed E-state index contributed by atoms with van der Waals surface area (Å²) in [5, 5.41) is 11.2. The molecule has 16 heavy (non-hydrogen) atoms. The lowest BCUT2D eigenvalue weighted by molar-refractivity contribution is -0.141. The molecule has 0 aliphatic carbocycles. The van der Waals surface area contributed by atoms with Gasteiger partial charge in [-0.15, -0.1) is 11.3 Å². The number of nitrogens with zero attached hydrogens (tertiary/aromatic N) is 2. The zero-order valence-corrected chi connectivity index (χ0v) is 10.3. The summed E-state index contributed by atoms with van der Waals surface area (Å²) in [5.41, 5.74) is 2.70. The number of carboxylic acid groups (broad SMARTS) is 1. The molecular weight excluding hydrogens is 224 g/mol. The van der Waals surface area contributed by atoms with Gasteiger partial charge in [0.2, 0.25) is 0 Å². The van der Waals surface area contributed by atoms with Crippen molar-refractivity contribution in [1.29, 1.82) is 0 Å². The van der Waals surface area contributed by atoms with E-state index in [1.54, 1.807) is 5.51 Å². The van der Waals surface area contributed by atoms with Crippen molar-refractivity contribution in [2.24, 2.45) is 5.92 Å². The number of aliphatic carboxylic acids is 1. The van der Waals surface area contributed by atoms with Crippen LogP contribution in [0.5, 0.6) is 0 Å². The fraction of sp³-hybridized carbons (Fsp3) is 0.636. The molecule has 0 saturated carbocycles. The maximum absolute atomic E-state index is 11.2. The summed E-state index contributed by atoms with van der Waals surface area (Å²) in [4.78, 5) is 17.7. The topological polar surface area (TPSA) is 53.4 Å². The van der Waals surface area contributed by atoms with Crippen molar-refractivity contribution in [2.45, 2.75) is 25.8 Å². The Morgan fingerprint density at radius 2 is 2.38 bits per heavy atom. The van der Waals surface area contributed by atoms with Crippen LogP contribution in [-0.2, 0) is 4.79 Å². The number of aromatic nitrogens is 1. The van der Waals surface area contributed by atoms with E-state index in [0.717, 1.165) is 12.2 Å². The van der Waals surface area contributed by atoms with Gasteiger partial charge in [-0.05, 0) is 13.8 Å². The van der Waals surface area contributed by atoms with Crippen molar-refractivity contribution in [3.05, 3.63) is 16.6 Å². The normalized spacial score (nSPS) is 26.4. The first-order chi connectivity index (χ1) is 7.59. The predicted octanol–water partition coefficient (Wildman–Crippen LogP) is 1.65. The van der Waals surface area contributed by atoms with Crippen LogP contribution < -0.4 is 0 Å². The van der Waals surface area contributed by atoms with E-state index in [9.17, 15) is 9.90 Å². The third-order valence-corrected chi connectivity index (χ3v) is 3.83. The molecule has 1 saturated heterocycles. The number of rotatable bonds is 3. The molecular formula is C11H16N2O2S. The van der Waals surface area contributed by atoms with E-state index in [1.165, 1.54) is 11.3 Å². The largest absolute Gasteiger partial charge is 0.481 e. The quantitative estimate of drug-likeness (QED) is 0.873. The maximum atomic E-state index is 11.2.